The minimum absolute atomic E-state index is 0.0256. The molecule has 1 aliphatic heterocycles. The van der Waals surface area contributed by atoms with Crippen molar-refractivity contribution in [1.82, 2.24) is 14.7 Å². The van der Waals surface area contributed by atoms with Gasteiger partial charge in [0.15, 0.2) is 9.84 Å². The van der Waals surface area contributed by atoms with Crippen molar-refractivity contribution >= 4 is 15.7 Å². The number of rotatable bonds is 4. The summed E-state index contributed by atoms with van der Waals surface area (Å²) in [6.45, 7) is 0. The van der Waals surface area contributed by atoms with Gasteiger partial charge in [0.2, 0.25) is 5.91 Å². The highest BCUT2D eigenvalue weighted by Gasteiger charge is 2.38. The topological polar surface area (TPSA) is 72.3 Å². The largest absolute Gasteiger partial charge is 0.335 e. The normalized spacial score (nSPS) is 24.7. The number of aromatic nitrogens is 2. The van der Waals surface area contributed by atoms with Crippen molar-refractivity contribution in [1.29, 1.82) is 0 Å². The van der Waals surface area contributed by atoms with E-state index >= 15 is 0 Å². The van der Waals surface area contributed by atoms with Gasteiger partial charge < -0.3 is 4.90 Å². The predicted octanol–water partition coefficient (Wildman–Crippen LogP) is 1.31. The summed E-state index contributed by atoms with van der Waals surface area (Å²) >= 11 is 0. The number of aryl methyl sites for hydroxylation is 1. The number of carbonyl (C=O) groups is 1. The summed E-state index contributed by atoms with van der Waals surface area (Å²) in [6.07, 6.45) is 8.10. The van der Waals surface area contributed by atoms with Crippen molar-refractivity contribution < 1.29 is 13.2 Å². The Morgan fingerprint density at radius 2 is 2.00 bits per heavy atom. The van der Waals surface area contributed by atoms with Crippen LogP contribution in [0.1, 0.15) is 44.2 Å². The number of hydrogen-bond donors (Lipinski definition) is 0. The Hall–Kier alpha value is -1.37. The second-order valence-corrected chi connectivity index (χ2v) is 9.04. The molecule has 2 aliphatic rings. The molecule has 0 aromatic carbocycles. The molecule has 3 rings (SSSR count). The van der Waals surface area contributed by atoms with Crippen molar-refractivity contribution in [2.45, 2.75) is 57.0 Å². The summed E-state index contributed by atoms with van der Waals surface area (Å²) in [4.78, 5) is 14.8. The number of carbonyl (C=O) groups excluding carboxylic acids is 1. The lowest BCUT2D eigenvalue weighted by Gasteiger charge is -2.38. The zero-order chi connectivity index (χ0) is 16.4. The molecule has 7 heteroatoms. The van der Waals surface area contributed by atoms with Crippen LogP contribution in [0.15, 0.2) is 12.3 Å². The average molecular weight is 339 g/mol. The van der Waals surface area contributed by atoms with Crippen LogP contribution in [0.25, 0.3) is 0 Å². The van der Waals surface area contributed by atoms with E-state index in [9.17, 15) is 13.2 Å². The van der Waals surface area contributed by atoms with Crippen molar-refractivity contribution in [3.8, 4) is 0 Å². The van der Waals surface area contributed by atoms with Crippen LogP contribution < -0.4 is 0 Å². The van der Waals surface area contributed by atoms with Gasteiger partial charge in [-0.15, -0.1) is 0 Å². The van der Waals surface area contributed by atoms with Crippen molar-refractivity contribution in [2.24, 2.45) is 7.05 Å². The smallest absolute Gasteiger partial charge is 0.229 e. The molecular formula is C16H25N3O3S. The summed E-state index contributed by atoms with van der Waals surface area (Å²) in [5.74, 6) is 0.354. The van der Waals surface area contributed by atoms with Gasteiger partial charge >= 0.3 is 0 Å². The fraction of sp³-hybridized carbons (Fsp3) is 0.750. The van der Waals surface area contributed by atoms with Crippen molar-refractivity contribution in [3.05, 3.63) is 18.0 Å². The van der Waals surface area contributed by atoms with E-state index in [4.69, 9.17) is 0 Å². The molecule has 128 valence electrons. The Balaban J connectivity index is 1.77. The summed E-state index contributed by atoms with van der Waals surface area (Å²) in [5.41, 5.74) is 0.749. The second kappa shape index (κ2) is 6.63. The lowest BCUT2D eigenvalue weighted by molar-refractivity contribution is -0.135. The minimum atomic E-state index is -3.00. The zero-order valence-electron chi connectivity index (χ0n) is 13.6. The van der Waals surface area contributed by atoms with Gasteiger partial charge in [-0.25, -0.2) is 8.42 Å². The standard InChI is InChI=1S/C16H25N3O3S/c1-18-9-7-13(17-18)11-16(20)19(14-5-3-2-4-6-14)15-8-10-23(21,22)12-15/h7,9,14-15H,2-6,8,10-12H2,1H3/t15-/m1/s1. The lowest BCUT2D eigenvalue weighted by atomic mass is 9.92. The van der Waals surface area contributed by atoms with E-state index in [0.717, 1.165) is 31.4 Å². The Labute approximate surface area is 137 Å². The van der Waals surface area contributed by atoms with E-state index in [1.54, 1.807) is 4.68 Å². The molecule has 0 bridgehead atoms. The second-order valence-electron chi connectivity index (χ2n) is 6.81. The third-order valence-corrected chi connectivity index (χ3v) is 6.71. The Morgan fingerprint density at radius 1 is 1.26 bits per heavy atom. The first kappa shape index (κ1) is 16.5. The third kappa shape index (κ3) is 3.94. The lowest BCUT2D eigenvalue weighted by Crippen LogP contribution is -2.49. The Kier molecular flexibility index (Phi) is 4.75. The highest BCUT2D eigenvalue weighted by Crippen LogP contribution is 2.28. The first-order chi connectivity index (χ1) is 10.9. The van der Waals surface area contributed by atoms with Gasteiger partial charge in [0, 0.05) is 25.3 Å². The van der Waals surface area contributed by atoms with E-state index in [1.807, 2.05) is 24.2 Å². The van der Waals surface area contributed by atoms with E-state index in [2.05, 4.69) is 5.10 Å². The molecule has 6 nitrogen and oxygen atoms in total. The summed E-state index contributed by atoms with van der Waals surface area (Å²) in [5, 5.41) is 4.28. The molecular weight excluding hydrogens is 314 g/mol. The van der Waals surface area contributed by atoms with Gasteiger partial charge in [-0.3, -0.25) is 9.48 Å². The van der Waals surface area contributed by atoms with E-state index in [1.165, 1.54) is 6.42 Å². The van der Waals surface area contributed by atoms with Crippen LogP contribution in [0, 0.1) is 0 Å². The van der Waals surface area contributed by atoms with E-state index in [-0.39, 0.29) is 35.9 Å². The molecule has 0 spiro atoms. The maximum atomic E-state index is 12.9. The maximum absolute atomic E-state index is 12.9. The molecule has 2 fully saturated rings. The van der Waals surface area contributed by atoms with Crippen molar-refractivity contribution in [3.63, 3.8) is 0 Å². The zero-order valence-corrected chi connectivity index (χ0v) is 14.5. The highest BCUT2D eigenvalue weighted by atomic mass is 32.2. The quantitative estimate of drug-likeness (QED) is 0.829. The summed E-state index contributed by atoms with van der Waals surface area (Å²) in [7, 11) is -1.17. The van der Waals surface area contributed by atoms with E-state index < -0.39 is 9.84 Å². The molecule has 1 amide bonds. The monoisotopic (exact) mass is 339 g/mol. The SMILES string of the molecule is Cn1ccc(CC(=O)N(C2CCCCC2)[C@@H]2CCS(=O)(=O)C2)n1. The van der Waals surface area contributed by atoms with Gasteiger partial charge in [0.1, 0.15) is 0 Å². The molecule has 1 atom stereocenters. The van der Waals surface area contributed by atoms with E-state index in [0.29, 0.717) is 6.42 Å². The Morgan fingerprint density at radius 3 is 2.57 bits per heavy atom. The molecule has 1 aliphatic carbocycles. The number of sulfone groups is 1. The molecule has 0 radical (unpaired) electrons. The first-order valence-electron chi connectivity index (χ1n) is 8.45. The van der Waals surface area contributed by atoms with Crippen molar-refractivity contribution in [2.75, 3.05) is 11.5 Å². The van der Waals surface area contributed by atoms with Crippen LogP contribution in [0.5, 0.6) is 0 Å². The van der Waals surface area contributed by atoms with Crippen LogP contribution in [0.3, 0.4) is 0 Å². The summed E-state index contributed by atoms with van der Waals surface area (Å²) < 4.78 is 25.4. The highest BCUT2D eigenvalue weighted by molar-refractivity contribution is 7.91. The summed E-state index contributed by atoms with van der Waals surface area (Å²) in [6, 6.07) is 1.89. The molecule has 2 heterocycles. The molecule has 1 aromatic heterocycles. The van der Waals surface area contributed by atoms with Crippen LogP contribution >= 0.6 is 0 Å². The predicted molar refractivity (Wildman–Crippen MR) is 87.7 cm³/mol. The number of hydrogen-bond acceptors (Lipinski definition) is 4. The average Bonchev–Trinajstić information content (AvgIpc) is 3.06. The first-order valence-corrected chi connectivity index (χ1v) is 10.3. The van der Waals surface area contributed by atoms with Crippen LogP contribution in [-0.2, 0) is 28.1 Å². The van der Waals surface area contributed by atoms with Gasteiger partial charge in [0.05, 0.1) is 23.6 Å². The molecule has 0 unspecified atom stereocenters. The van der Waals surface area contributed by atoms with Gasteiger partial charge in [0.25, 0.3) is 0 Å². The minimum Gasteiger partial charge on any atom is -0.335 e. The molecule has 0 N–H and O–H groups in total. The molecule has 1 saturated carbocycles. The van der Waals surface area contributed by atoms with Gasteiger partial charge in [-0.1, -0.05) is 19.3 Å². The van der Waals surface area contributed by atoms with Gasteiger partial charge in [-0.05, 0) is 25.3 Å². The molecule has 1 saturated heterocycles. The fourth-order valence-corrected chi connectivity index (χ4v) is 5.57. The molecule has 1 aromatic rings. The van der Waals surface area contributed by atoms with Crippen LogP contribution in [0.2, 0.25) is 0 Å². The Bertz CT molecular complexity index is 662. The fourth-order valence-electron chi connectivity index (χ4n) is 3.86. The van der Waals surface area contributed by atoms with Crippen LogP contribution in [-0.4, -0.2) is 52.6 Å². The number of amides is 1. The maximum Gasteiger partial charge on any atom is 0.229 e. The van der Waals surface area contributed by atoms with Crippen LogP contribution in [0.4, 0.5) is 0 Å². The third-order valence-electron chi connectivity index (χ3n) is 4.96. The number of nitrogens with zero attached hydrogens (tertiary/aromatic N) is 3. The van der Waals surface area contributed by atoms with Gasteiger partial charge in [-0.2, -0.15) is 5.10 Å². The molecule has 23 heavy (non-hydrogen) atoms.